The molecular weight excluding hydrogens is 367 g/mol. The van der Waals surface area contributed by atoms with Crippen LogP contribution in [-0.4, -0.2) is 33.9 Å². The third kappa shape index (κ3) is 5.38. The van der Waals surface area contributed by atoms with E-state index in [1.165, 1.54) is 18.5 Å². The molecule has 0 fully saturated rings. The van der Waals surface area contributed by atoms with Gasteiger partial charge in [-0.15, -0.1) is 0 Å². The Balaban J connectivity index is 1.70. The molecule has 1 amide bonds. The Morgan fingerprint density at radius 3 is 2.41 bits per heavy atom. The summed E-state index contributed by atoms with van der Waals surface area (Å²) in [7, 11) is 0. The SMILES string of the molecule is CCCCN(CC)C(=O)c1ccc(Nc2cc(-c3ccc(F)cc3)ncn2)cc1. The lowest BCUT2D eigenvalue weighted by Gasteiger charge is -2.20. The first-order valence-corrected chi connectivity index (χ1v) is 9.85. The lowest BCUT2D eigenvalue weighted by atomic mass is 10.1. The Morgan fingerprint density at radius 2 is 1.76 bits per heavy atom. The lowest BCUT2D eigenvalue weighted by Crippen LogP contribution is -2.31. The summed E-state index contributed by atoms with van der Waals surface area (Å²) in [5, 5.41) is 3.22. The van der Waals surface area contributed by atoms with Crippen LogP contribution in [0.15, 0.2) is 60.9 Å². The minimum atomic E-state index is -0.285. The van der Waals surface area contributed by atoms with Crippen LogP contribution in [0, 0.1) is 5.82 Å². The molecule has 5 nitrogen and oxygen atoms in total. The topological polar surface area (TPSA) is 58.1 Å². The van der Waals surface area contributed by atoms with Crippen LogP contribution in [0.5, 0.6) is 0 Å². The average Bonchev–Trinajstić information content (AvgIpc) is 2.75. The summed E-state index contributed by atoms with van der Waals surface area (Å²) in [6.07, 6.45) is 3.53. The van der Waals surface area contributed by atoms with Gasteiger partial charge in [-0.3, -0.25) is 4.79 Å². The van der Waals surface area contributed by atoms with E-state index in [1.54, 1.807) is 18.2 Å². The van der Waals surface area contributed by atoms with Gasteiger partial charge in [-0.05, 0) is 61.9 Å². The van der Waals surface area contributed by atoms with Gasteiger partial charge in [-0.2, -0.15) is 0 Å². The molecule has 0 aliphatic rings. The van der Waals surface area contributed by atoms with E-state index >= 15 is 0 Å². The summed E-state index contributed by atoms with van der Waals surface area (Å²) < 4.78 is 13.1. The van der Waals surface area contributed by atoms with Crippen molar-refractivity contribution in [1.82, 2.24) is 14.9 Å². The van der Waals surface area contributed by atoms with E-state index in [-0.39, 0.29) is 11.7 Å². The van der Waals surface area contributed by atoms with Crippen LogP contribution in [0.25, 0.3) is 11.3 Å². The molecule has 0 saturated heterocycles. The van der Waals surface area contributed by atoms with E-state index in [2.05, 4.69) is 22.2 Å². The Labute approximate surface area is 170 Å². The first kappa shape index (κ1) is 20.5. The van der Waals surface area contributed by atoms with E-state index in [9.17, 15) is 9.18 Å². The number of halogens is 1. The molecule has 3 rings (SSSR count). The molecule has 0 saturated carbocycles. The van der Waals surface area contributed by atoms with Crippen LogP contribution in [-0.2, 0) is 0 Å². The number of carbonyl (C=O) groups is 1. The fourth-order valence-corrected chi connectivity index (χ4v) is 2.98. The summed E-state index contributed by atoms with van der Waals surface area (Å²) in [6.45, 7) is 5.59. The quantitative estimate of drug-likeness (QED) is 0.566. The molecule has 6 heteroatoms. The van der Waals surface area contributed by atoms with Gasteiger partial charge in [-0.25, -0.2) is 14.4 Å². The van der Waals surface area contributed by atoms with Gasteiger partial charge in [0.05, 0.1) is 5.69 Å². The van der Waals surface area contributed by atoms with Crippen molar-refractivity contribution in [2.24, 2.45) is 0 Å². The van der Waals surface area contributed by atoms with Crippen LogP contribution in [0.4, 0.5) is 15.9 Å². The Bertz CT molecular complexity index is 942. The van der Waals surface area contributed by atoms with Crippen molar-refractivity contribution in [3.8, 4) is 11.3 Å². The van der Waals surface area contributed by atoms with Gasteiger partial charge >= 0.3 is 0 Å². The van der Waals surface area contributed by atoms with Gasteiger partial charge in [0.25, 0.3) is 5.91 Å². The second-order valence-corrected chi connectivity index (χ2v) is 6.74. The highest BCUT2D eigenvalue weighted by Gasteiger charge is 2.13. The van der Waals surface area contributed by atoms with Crippen molar-refractivity contribution < 1.29 is 9.18 Å². The highest BCUT2D eigenvalue weighted by molar-refractivity contribution is 5.94. The molecular formula is C23H25FN4O. The molecule has 0 aliphatic heterocycles. The van der Waals surface area contributed by atoms with Crippen molar-refractivity contribution >= 4 is 17.4 Å². The predicted octanol–water partition coefficient (Wildman–Crippen LogP) is 5.29. The molecule has 2 aromatic carbocycles. The average molecular weight is 392 g/mol. The maximum Gasteiger partial charge on any atom is 0.253 e. The highest BCUT2D eigenvalue weighted by atomic mass is 19.1. The number of unbranched alkanes of at least 4 members (excludes halogenated alkanes) is 1. The highest BCUT2D eigenvalue weighted by Crippen LogP contribution is 2.22. The summed E-state index contributed by atoms with van der Waals surface area (Å²) in [6, 6.07) is 15.3. The third-order valence-corrected chi connectivity index (χ3v) is 4.66. The third-order valence-electron chi connectivity index (χ3n) is 4.66. The molecule has 0 atom stereocenters. The van der Waals surface area contributed by atoms with Crippen molar-refractivity contribution in [3.63, 3.8) is 0 Å². The normalized spacial score (nSPS) is 10.6. The molecule has 1 heterocycles. The summed E-state index contributed by atoms with van der Waals surface area (Å²) >= 11 is 0. The largest absolute Gasteiger partial charge is 0.340 e. The van der Waals surface area contributed by atoms with Crippen molar-refractivity contribution in [2.45, 2.75) is 26.7 Å². The second kappa shape index (κ2) is 9.78. The molecule has 0 spiro atoms. The van der Waals surface area contributed by atoms with Gasteiger partial charge in [-0.1, -0.05) is 13.3 Å². The second-order valence-electron chi connectivity index (χ2n) is 6.74. The number of nitrogens with zero attached hydrogens (tertiary/aromatic N) is 3. The molecule has 3 aromatic rings. The number of nitrogens with one attached hydrogen (secondary N) is 1. The zero-order chi connectivity index (χ0) is 20.6. The monoisotopic (exact) mass is 392 g/mol. The lowest BCUT2D eigenvalue weighted by molar-refractivity contribution is 0.0762. The molecule has 1 N–H and O–H groups in total. The number of anilines is 2. The van der Waals surface area contributed by atoms with E-state index in [4.69, 9.17) is 0 Å². The summed E-state index contributed by atoms with van der Waals surface area (Å²) in [5.41, 5.74) is 3.00. The number of rotatable bonds is 8. The molecule has 0 bridgehead atoms. The minimum absolute atomic E-state index is 0.0492. The minimum Gasteiger partial charge on any atom is -0.340 e. The van der Waals surface area contributed by atoms with Crippen molar-refractivity contribution in [3.05, 3.63) is 72.3 Å². The van der Waals surface area contributed by atoms with Crippen molar-refractivity contribution in [2.75, 3.05) is 18.4 Å². The van der Waals surface area contributed by atoms with Crippen LogP contribution in [0.1, 0.15) is 37.0 Å². The predicted molar refractivity (Wildman–Crippen MR) is 114 cm³/mol. The number of benzene rings is 2. The number of hydrogen-bond donors (Lipinski definition) is 1. The summed E-state index contributed by atoms with van der Waals surface area (Å²) in [4.78, 5) is 23.0. The van der Waals surface area contributed by atoms with Crippen LogP contribution >= 0.6 is 0 Å². The standard InChI is InChI=1S/C23H25FN4O/c1-3-5-14-28(4-2)23(29)18-8-12-20(13-9-18)27-22-15-21(25-16-26-22)17-6-10-19(24)11-7-17/h6-13,15-16H,3-5,14H2,1-2H3,(H,25,26,27). The first-order valence-electron chi connectivity index (χ1n) is 9.85. The number of hydrogen-bond acceptors (Lipinski definition) is 4. The van der Waals surface area contributed by atoms with Gasteiger partial charge < -0.3 is 10.2 Å². The van der Waals surface area contributed by atoms with E-state index in [0.29, 0.717) is 23.6 Å². The smallest absolute Gasteiger partial charge is 0.253 e. The Hall–Kier alpha value is -3.28. The van der Waals surface area contributed by atoms with Gasteiger partial charge in [0.2, 0.25) is 0 Å². The van der Waals surface area contributed by atoms with E-state index in [1.807, 2.05) is 36.1 Å². The molecule has 29 heavy (non-hydrogen) atoms. The number of aromatic nitrogens is 2. The van der Waals surface area contributed by atoms with E-state index < -0.39 is 0 Å². The maximum atomic E-state index is 13.1. The van der Waals surface area contributed by atoms with Crippen LogP contribution in [0.3, 0.4) is 0 Å². The number of amides is 1. The molecule has 0 unspecified atom stereocenters. The van der Waals surface area contributed by atoms with Gasteiger partial charge in [0.1, 0.15) is 18.0 Å². The molecule has 150 valence electrons. The fourth-order valence-electron chi connectivity index (χ4n) is 2.98. The zero-order valence-electron chi connectivity index (χ0n) is 16.7. The van der Waals surface area contributed by atoms with Crippen molar-refractivity contribution in [1.29, 1.82) is 0 Å². The zero-order valence-corrected chi connectivity index (χ0v) is 16.7. The Kier molecular flexibility index (Phi) is 6.89. The van der Waals surface area contributed by atoms with Gasteiger partial charge in [0, 0.05) is 36.0 Å². The first-order chi connectivity index (χ1) is 14.1. The van der Waals surface area contributed by atoms with Gasteiger partial charge in [0.15, 0.2) is 0 Å². The molecule has 0 aliphatic carbocycles. The fraction of sp³-hybridized carbons (Fsp3) is 0.261. The number of carbonyl (C=O) groups excluding carboxylic acids is 1. The Morgan fingerprint density at radius 1 is 1.03 bits per heavy atom. The van der Waals surface area contributed by atoms with Crippen LogP contribution < -0.4 is 5.32 Å². The van der Waals surface area contributed by atoms with Crippen LogP contribution in [0.2, 0.25) is 0 Å². The molecule has 1 aromatic heterocycles. The van der Waals surface area contributed by atoms with E-state index in [0.717, 1.165) is 30.6 Å². The summed E-state index contributed by atoms with van der Waals surface area (Å²) in [5.74, 6) is 0.386. The molecule has 0 radical (unpaired) electrons. The maximum absolute atomic E-state index is 13.1.